The molecule has 8 nitrogen and oxygen atoms in total. The molecule has 1 N–H and O–H groups in total. The number of amides is 1. The Hall–Kier alpha value is -5.24. The van der Waals surface area contributed by atoms with Gasteiger partial charge in [0.25, 0.3) is 5.91 Å². The number of hydrogen-bond acceptors (Lipinski definition) is 6. The van der Waals surface area contributed by atoms with Crippen molar-refractivity contribution in [1.29, 1.82) is 0 Å². The third-order valence-corrected chi connectivity index (χ3v) is 7.20. The van der Waals surface area contributed by atoms with Crippen molar-refractivity contribution in [2.45, 2.75) is 19.8 Å². The summed E-state index contributed by atoms with van der Waals surface area (Å²) < 4.78 is 5.75. The molecule has 2 aliphatic heterocycles. The van der Waals surface area contributed by atoms with E-state index in [-0.39, 0.29) is 11.3 Å². The van der Waals surface area contributed by atoms with Crippen LogP contribution in [0.4, 0.5) is 17.1 Å². The van der Waals surface area contributed by atoms with E-state index in [9.17, 15) is 19.5 Å². The van der Waals surface area contributed by atoms with Gasteiger partial charge in [0.15, 0.2) is 5.71 Å². The summed E-state index contributed by atoms with van der Waals surface area (Å²) in [6, 6.07) is 22.7. The summed E-state index contributed by atoms with van der Waals surface area (Å²) in [5.74, 6) is -1.88. The van der Waals surface area contributed by atoms with Gasteiger partial charge in [0.05, 0.1) is 16.8 Å². The first kappa shape index (κ1) is 25.1. The fourth-order valence-corrected chi connectivity index (χ4v) is 5.22. The topological polar surface area (TPSA) is 103 Å². The zero-order valence-electron chi connectivity index (χ0n) is 21.7. The first-order valence-electron chi connectivity index (χ1n) is 13.0. The summed E-state index contributed by atoms with van der Waals surface area (Å²) in [5.41, 5.74) is 4.38. The van der Waals surface area contributed by atoms with Gasteiger partial charge < -0.3 is 14.4 Å². The number of rotatable bonds is 5. The Morgan fingerprint density at radius 3 is 2.40 bits per heavy atom. The molecule has 0 spiro atoms. The summed E-state index contributed by atoms with van der Waals surface area (Å²) >= 11 is 0. The molecule has 6 rings (SSSR count). The van der Waals surface area contributed by atoms with Crippen LogP contribution in [0, 0.1) is 6.92 Å². The highest BCUT2D eigenvalue weighted by atomic mass is 16.4. The molecule has 0 bridgehead atoms. The number of hydrazone groups is 1. The Morgan fingerprint density at radius 2 is 1.70 bits per heavy atom. The van der Waals surface area contributed by atoms with E-state index in [1.165, 1.54) is 17.7 Å². The second kappa shape index (κ2) is 10.1. The molecule has 1 amide bonds. The Morgan fingerprint density at radius 1 is 1.00 bits per heavy atom. The van der Waals surface area contributed by atoms with Crippen LogP contribution < -0.4 is 15.5 Å². The lowest BCUT2D eigenvalue weighted by Crippen LogP contribution is -2.24. The summed E-state index contributed by atoms with van der Waals surface area (Å²) in [7, 11) is 0. The van der Waals surface area contributed by atoms with Gasteiger partial charge in [0.2, 0.25) is 0 Å². The van der Waals surface area contributed by atoms with Crippen LogP contribution in [-0.2, 0) is 16.0 Å². The van der Waals surface area contributed by atoms with Crippen molar-refractivity contribution in [2.75, 3.05) is 16.5 Å². The number of carbonyl (C=O) groups excluding carboxylic acids is 1. The van der Waals surface area contributed by atoms with Crippen LogP contribution in [0.15, 0.2) is 105 Å². The SMILES string of the molecule is Cc1c(/C=C/C=C2\C(=O)N(c3ccccc3)N=C2C(=O)O)c(=O)oc2cc3c(cc12)CCCN3c1ccccc1. The minimum atomic E-state index is -1.32. The standard InChI is InChI=1S/C32H25N3O5/c1-20-24(15-8-16-25-29(31(37)38)33-35(30(25)36)23-13-6-3-7-14-23)32(39)40-28-19-27-21(18-26(20)28)10-9-17-34(27)22-11-4-2-5-12-22/h2-8,11-16,18-19H,9-10,17H2,1H3,(H,37,38)/b15-8+,25-16-. The van der Waals surface area contributed by atoms with Gasteiger partial charge in [-0.1, -0.05) is 42.5 Å². The largest absolute Gasteiger partial charge is 0.476 e. The number of benzene rings is 3. The Balaban J connectivity index is 1.35. The van der Waals surface area contributed by atoms with E-state index in [1.807, 2.05) is 31.2 Å². The highest BCUT2D eigenvalue weighted by molar-refractivity contribution is 6.52. The van der Waals surface area contributed by atoms with Gasteiger partial charge in [0.1, 0.15) is 5.58 Å². The fraction of sp³-hybridized carbons (Fsp3) is 0.125. The number of para-hydroxylation sites is 2. The van der Waals surface area contributed by atoms with Gasteiger partial charge in [-0.2, -0.15) is 10.1 Å². The lowest BCUT2D eigenvalue weighted by molar-refractivity contribution is -0.129. The van der Waals surface area contributed by atoms with E-state index in [2.05, 4.69) is 28.2 Å². The number of carboxylic acids is 1. The van der Waals surface area contributed by atoms with Crippen molar-refractivity contribution in [3.63, 3.8) is 0 Å². The van der Waals surface area contributed by atoms with Gasteiger partial charge in [-0.25, -0.2) is 9.59 Å². The summed E-state index contributed by atoms with van der Waals surface area (Å²) in [5, 5.41) is 15.5. The molecule has 0 saturated heterocycles. The molecular formula is C32H25N3O5. The average molecular weight is 532 g/mol. The second-order valence-electron chi connectivity index (χ2n) is 9.64. The highest BCUT2D eigenvalue weighted by Crippen LogP contribution is 2.37. The predicted molar refractivity (Wildman–Crippen MR) is 155 cm³/mol. The number of carboxylic acid groups (broad SMARTS) is 1. The Labute approximate surface area is 229 Å². The predicted octanol–water partition coefficient (Wildman–Crippen LogP) is 5.61. The van der Waals surface area contributed by atoms with Crippen molar-refractivity contribution >= 4 is 51.7 Å². The molecule has 2 aliphatic rings. The zero-order chi connectivity index (χ0) is 27.8. The molecule has 40 heavy (non-hydrogen) atoms. The van der Waals surface area contributed by atoms with Gasteiger partial charge in [-0.3, -0.25) is 4.79 Å². The minimum Gasteiger partial charge on any atom is -0.476 e. The van der Waals surface area contributed by atoms with Crippen LogP contribution >= 0.6 is 0 Å². The summed E-state index contributed by atoms with van der Waals surface area (Å²) in [6.45, 7) is 2.74. The maximum absolute atomic E-state index is 13.0. The number of allylic oxidation sites excluding steroid dienone is 2. The van der Waals surface area contributed by atoms with Gasteiger partial charge >= 0.3 is 11.6 Å². The van der Waals surface area contributed by atoms with E-state index in [1.54, 1.807) is 36.4 Å². The van der Waals surface area contributed by atoms with Crippen LogP contribution in [0.5, 0.6) is 0 Å². The van der Waals surface area contributed by atoms with Crippen LogP contribution in [0.1, 0.15) is 23.1 Å². The van der Waals surface area contributed by atoms with Crippen LogP contribution in [-0.4, -0.2) is 29.2 Å². The molecule has 0 fully saturated rings. The first-order valence-corrected chi connectivity index (χ1v) is 13.0. The average Bonchev–Trinajstić information content (AvgIpc) is 3.30. The lowest BCUT2D eigenvalue weighted by Gasteiger charge is -2.31. The highest BCUT2D eigenvalue weighted by Gasteiger charge is 2.34. The van der Waals surface area contributed by atoms with Gasteiger partial charge in [0, 0.05) is 29.4 Å². The molecule has 198 valence electrons. The third-order valence-electron chi connectivity index (χ3n) is 7.20. The molecule has 0 radical (unpaired) electrons. The molecule has 1 aromatic heterocycles. The number of hydrogen-bond donors (Lipinski definition) is 1. The molecule has 0 unspecified atom stereocenters. The normalized spacial score (nSPS) is 16.2. The smallest absolute Gasteiger partial charge is 0.357 e. The number of anilines is 3. The number of nitrogens with zero attached hydrogens (tertiary/aromatic N) is 3. The van der Waals surface area contributed by atoms with E-state index in [0.29, 0.717) is 16.8 Å². The molecule has 0 saturated carbocycles. The quantitative estimate of drug-likeness (QED) is 0.265. The summed E-state index contributed by atoms with van der Waals surface area (Å²) in [4.78, 5) is 40.1. The van der Waals surface area contributed by atoms with E-state index < -0.39 is 17.5 Å². The van der Waals surface area contributed by atoms with Gasteiger partial charge in [-0.05, 0) is 73.4 Å². The maximum Gasteiger partial charge on any atom is 0.357 e. The minimum absolute atomic E-state index is 0.0782. The first-order chi connectivity index (χ1) is 19.4. The Kier molecular flexibility index (Phi) is 6.36. The van der Waals surface area contributed by atoms with Crippen LogP contribution in [0.25, 0.3) is 17.0 Å². The third kappa shape index (κ3) is 4.39. The summed E-state index contributed by atoms with van der Waals surface area (Å²) in [6.07, 6.45) is 6.32. The second-order valence-corrected chi connectivity index (χ2v) is 9.64. The van der Waals surface area contributed by atoms with Crippen LogP contribution in [0.3, 0.4) is 0 Å². The van der Waals surface area contributed by atoms with E-state index in [4.69, 9.17) is 4.42 Å². The monoisotopic (exact) mass is 531 g/mol. The number of aryl methyl sites for hydroxylation is 2. The lowest BCUT2D eigenvalue weighted by atomic mass is 9.96. The maximum atomic E-state index is 13.0. The molecule has 0 atom stereocenters. The molecule has 3 aromatic carbocycles. The number of aliphatic carboxylic acids is 1. The zero-order valence-corrected chi connectivity index (χ0v) is 21.7. The molecule has 4 aromatic rings. The Bertz CT molecular complexity index is 1800. The van der Waals surface area contributed by atoms with E-state index in [0.717, 1.165) is 46.7 Å². The molecular weight excluding hydrogens is 506 g/mol. The molecule has 8 heteroatoms. The van der Waals surface area contributed by atoms with Crippen molar-refractivity contribution in [3.05, 3.63) is 118 Å². The van der Waals surface area contributed by atoms with Crippen molar-refractivity contribution in [3.8, 4) is 0 Å². The van der Waals surface area contributed by atoms with Crippen LogP contribution in [0.2, 0.25) is 0 Å². The van der Waals surface area contributed by atoms with Gasteiger partial charge in [-0.15, -0.1) is 0 Å². The van der Waals surface area contributed by atoms with Crippen molar-refractivity contribution in [1.82, 2.24) is 0 Å². The number of fused-ring (bicyclic) bond motifs is 2. The number of carbonyl (C=O) groups is 2. The van der Waals surface area contributed by atoms with Crippen molar-refractivity contribution in [2.24, 2.45) is 5.10 Å². The fourth-order valence-electron chi connectivity index (χ4n) is 5.22. The van der Waals surface area contributed by atoms with E-state index >= 15 is 0 Å². The molecule has 0 aliphatic carbocycles. The van der Waals surface area contributed by atoms with Crippen molar-refractivity contribution < 1.29 is 19.1 Å². The molecule has 3 heterocycles.